The average Bonchev–Trinajstić information content (AvgIpc) is 3.16. The molecule has 3 aromatic rings. The minimum absolute atomic E-state index is 0.168. The van der Waals surface area contributed by atoms with Gasteiger partial charge in [-0.2, -0.15) is 0 Å². The fraction of sp³-hybridized carbons (Fsp3) is 0.200. The van der Waals surface area contributed by atoms with Crippen molar-refractivity contribution in [2.45, 2.75) is 24.5 Å². The van der Waals surface area contributed by atoms with E-state index in [0.29, 0.717) is 12.4 Å². The van der Waals surface area contributed by atoms with E-state index in [9.17, 15) is 13.5 Å². The standard InChI is InChI=1S/C20H21NO4S2/c1-2-25-16-8-11-18(12-9-16)27(23,24)21-14-17-10-13-19(26-17)20(22)15-6-4-3-5-7-15/h3-13,20-22H,2,14H2,1H3. The van der Waals surface area contributed by atoms with Gasteiger partial charge in [0.05, 0.1) is 11.5 Å². The lowest BCUT2D eigenvalue weighted by Gasteiger charge is -2.09. The van der Waals surface area contributed by atoms with Gasteiger partial charge in [-0.25, -0.2) is 13.1 Å². The van der Waals surface area contributed by atoms with Crippen LogP contribution >= 0.6 is 11.3 Å². The van der Waals surface area contributed by atoms with Crippen LogP contribution in [0.25, 0.3) is 0 Å². The van der Waals surface area contributed by atoms with Gasteiger partial charge in [0.15, 0.2) is 0 Å². The third kappa shape index (κ3) is 4.95. The van der Waals surface area contributed by atoms with Gasteiger partial charge in [0.2, 0.25) is 10.0 Å². The van der Waals surface area contributed by atoms with Crippen LogP contribution in [0.3, 0.4) is 0 Å². The number of rotatable bonds is 8. The Bertz CT molecular complexity index is 967. The molecule has 2 aromatic carbocycles. The van der Waals surface area contributed by atoms with E-state index in [4.69, 9.17) is 4.74 Å². The lowest BCUT2D eigenvalue weighted by molar-refractivity contribution is 0.224. The number of aliphatic hydroxyl groups is 1. The maximum absolute atomic E-state index is 12.4. The predicted molar refractivity (Wildman–Crippen MR) is 106 cm³/mol. The number of thiophene rings is 1. The lowest BCUT2D eigenvalue weighted by Crippen LogP contribution is -2.22. The van der Waals surface area contributed by atoms with Crippen molar-refractivity contribution in [1.29, 1.82) is 0 Å². The largest absolute Gasteiger partial charge is 0.494 e. The Morgan fingerprint density at radius 2 is 1.74 bits per heavy atom. The molecule has 5 nitrogen and oxygen atoms in total. The average molecular weight is 404 g/mol. The van der Waals surface area contributed by atoms with E-state index in [2.05, 4.69) is 4.72 Å². The first-order chi connectivity index (χ1) is 13.0. The zero-order chi connectivity index (χ0) is 19.3. The highest BCUT2D eigenvalue weighted by atomic mass is 32.2. The third-order valence-electron chi connectivity index (χ3n) is 3.95. The van der Waals surface area contributed by atoms with Crippen LogP contribution in [-0.2, 0) is 16.6 Å². The van der Waals surface area contributed by atoms with E-state index in [1.165, 1.54) is 23.5 Å². The Morgan fingerprint density at radius 1 is 1.04 bits per heavy atom. The van der Waals surface area contributed by atoms with Crippen molar-refractivity contribution in [1.82, 2.24) is 4.72 Å². The maximum Gasteiger partial charge on any atom is 0.240 e. The summed E-state index contributed by atoms with van der Waals surface area (Å²) < 4.78 is 32.8. The topological polar surface area (TPSA) is 75.6 Å². The first kappa shape index (κ1) is 19.6. The molecule has 0 saturated heterocycles. The Hall–Kier alpha value is -2.19. The van der Waals surface area contributed by atoms with Gasteiger partial charge in [-0.1, -0.05) is 30.3 Å². The van der Waals surface area contributed by atoms with Gasteiger partial charge in [-0.15, -0.1) is 11.3 Å². The first-order valence-electron chi connectivity index (χ1n) is 8.54. The smallest absolute Gasteiger partial charge is 0.240 e. The minimum Gasteiger partial charge on any atom is -0.494 e. The van der Waals surface area contributed by atoms with E-state index >= 15 is 0 Å². The number of ether oxygens (including phenoxy) is 1. The van der Waals surface area contributed by atoms with E-state index < -0.39 is 16.1 Å². The van der Waals surface area contributed by atoms with Crippen LogP contribution in [0.15, 0.2) is 71.6 Å². The van der Waals surface area contributed by atoms with Crippen LogP contribution in [0.1, 0.15) is 28.3 Å². The molecule has 2 N–H and O–H groups in total. The molecule has 0 aliphatic rings. The van der Waals surface area contributed by atoms with Crippen LogP contribution < -0.4 is 9.46 Å². The Morgan fingerprint density at radius 3 is 2.41 bits per heavy atom. The van der Waals surface area contributed by atoms with Gasteiger partial charge in [0.1, 0.15) is 11.9 Å². The highest BCUT2D eigenvalue weighted by molar-refractivity contribution is 7.89. The molecule has 0 spiro atoms. The van der Waals surface area contributed by atoms with Crippen LogP contribution in [-0.4, -0.2) is 20.1 Å². The molecule has 0 aliphatic carbocycles. The molecule has 1 unspecified atom stereocenters. The molecule has 0 aliphatic heterocycles. The van der Waals surface area contributed by atoms with Crippen molar-refractivity contribution >= 4 is 21.4 Å². The number of nitrogens with one attached hydrogen (secondary N) is 1. The SMILES string of the molecule is CCOc1ccc(S(=O)(=O)NCc2ccc(C(O)c3ccccc3)s2)cc1. The highest BCUT2D eigenvalue weighted by Crippen LogP contribution is 2.28. The lowest BCUT2D eigenvalue weighted by atomic mass is 10.1. The minimum atomic E-state index is -3.61. The molecule has 3 rings (SSSR count). The summed E-state index contributed by atoms with van der Waals surface area (Å²) >= 11 is 1.38. The number of aliphatic hydroxyl groups excluding tert-OH is 1. The number of sulfonamides is 1. The summed E-state index contributed by atoms with van der Waals surface area (Å²) in [4.78, 5) is 1.79. The van der Waals surface area contributed by atoms with Crippen molar-refractivity contribution in [2.75, 3.05) is 6.61 Å². The van der Waals surface area contributed by atoms with Crippen molar-refractivity contribution in [3.05, 3.63) is 82.0 Å². The fourth-order valence-electron chi connectivity index (χ4n) is 2.57. The van der Waals surface area contributed by atoms with Gasteiger partial charge in [-0.05, 0) is 48.9 Å². The van der Waals surface area contributed by atoms with Crippen LogP contribution in [0, 0.1) is 0 Å². The molecular weight excluding hydrogens is 382 g/mol. The summed E-state index contributed by atoms with van der Waals surface area (Å²) in [6.45, 7) is 2.57. The second-order valence-electron chi connectivity index (χ2n) is 5.85. The second kappa shape index (κ2) is 8.67. The number of hydrogen-bond donors (Lipinski definition) is 2. The van der Waals surface area contributed by atoms with Crippen LogP contribution in [0.4, 0.5) is 0 Å². The molecule has 1 heterocycles. The monoisotopic (exact) mass is 403 g/mol. The predicted octanol–water partition coefficient (Wildman–Crippen LogP) is 3.71. The Kier molecular flexibility index (Phi) is 6.28. The van der Waals surface area contributed by atoms with Crippen molar-refractivity contribution in [2.24, 2.45) is 0 Å². The molecule has 0 amide bonds. The van der Waals surface area contributed by atoms with E-state index in [0.717, 1.165) is 15.3 Å². The van der Waals surface area contributed by atoms with Gasteiger partial charge < -0.3 is 9.84 Å². The Balaban J connectivity index is 1.65. The van der Waals surface area contributed by atoms with Crippen molar-refractivity contribution < 1.29 is 18.3 Å². The van der Waals surface area contributed by atoms with Gasteiger partial charge in [0, 0.05) is 16.3 Å². The molecule has 0 bridgehead atoms. The summed E-state index contributed by atoms with van der Waals surface area (Å²) in [5.41, 5.74) is 0.806. The maximum atomic E-state index is 12.4. The molecule has 1 aromatic heterocycles. The van der Waals surface area contributed by atoms with E-state index in [1.54, 1.807) is 12.1 Å². The summed E-state index contributed by atoms with van der Waals surface area (Å²) in [6, 6.07) is 19.3. The number of benzene rings is 2. The summed E-state index contributed by atoms with van der Waals surface area (Å²) in [5.74, 6) is 0.634. The summed E-state index contributed by atoms with van der Waals surface area (Å²) in [6.07, 6.45) is -0.715. The molecule has 1 atom stereocenters. The first-order valence-corrected chi connectivity index (χ1v) is 10.8. The highest BCUT2D eigenvalue weighted by Gasteiger charge is 2.16. The van der Waals surface area contributed by atoms with Gasteiger partial charge in [0.25, 0.3) is 0 Å². The molecule has 27 heavy (non-hydrogen) atoms. The van der Waals surface area contributed by atoms with E-state index in [-0.39, 0.29) is 11.4 Å². The zero-order valence-corrected chi connectivity index (χ0v) is 16.5. The van der Waals surface area contributed by atoms with Gasteiger partial charge >= 0.3 is 0 Å². The van der Waals surface area contributed by atoms with Crippen molar-refractivity contribution in [3.63, 3.8) is 0 Å². The molecule has 142 valence electrons. The van der Waals surface area contributed by atoms with Gasteiger partial charge in [-0.3, -0.25) is 0 Å². The quantitative estimate of drug-likeness (QED) is 0.601. The molecular formula is C20H21NO4S2. The Labute approximate surface area is 163 Å². The molecule has 0 saturated carbocycles. The van der Waals surface area contributed by atoms with Crippen LogP contribution in [0.2, 0.25) is 0 Å². The molecule has 0 radical (unpaired) electrons. The normalized spacial score (nSPS) is 12.7. The third-order valence-corrected chi connectivity index (χ3v) is 6.50. The second-order valence-corrected chi connectivity index (χ2v) is 8.81. The van der Waals surface area contributed by atoms with Crippen LogP contribution in [0.5, 0.6) is 5.75 Å². The van der Waals surface area contributed by atoms with E-state index in [1.807, 2.05) is 49.4 Å². The number of hydrogen-bond acceptors (Lipinski definition) is 5. The van der Waals surface area contributed by atoms with Crippen molar-refractivity contribution in [3.8, 4) is 5.75 Å². The molecule has 0 fully saturated rings. The summed E-state index contributed by atoms with van der Waals surface area (Å²) in [5, 5.41) is 10.4. The summed E-state index contributed by atoms with van der Waals surface area (Å²) in [7, 11) is -3.61. The molecule has 7 heteroatoms. The fourth-order valence-corrected chi connectivity index (χ4v) is 4.63. The zero-order valence-electron chi connectivity index (χ0n) is 14.8.